The number of hydrogen-bond donors (Lipinski definition) is 0. The molecule has 0 amide bonds. The second-order valence-corrected chi connectivity index (χ2v) is 3.52. The molecule has 0 radical (unpaired) electrons. The van der Waals surface area contributed by atoms with E-state index >= 15 is 0 Å². The maximum absolute atomic E-state index is 4.05. The summed E-state index contributed by atoms with van der Waals surface area (Å²) >= 11 is 0. The zero-order valence-corrected chi connectivity index (χ0v) is 8.66. The van der Waals surface area contributed by atoms with E-state index in [1.54, 1.807) is 6.33 Å². The Morgan fingerprint density at radius 1 is 1.23 bits per heavy atom. The highest BCUT2D eigenvalue weighted by Crippen LogP contribution is 2.06. The fourth-order valence-electron chi connectivity index (χ4n) is 1.42. The Morgan fingerprint density at radius 3 is 2.62 bits per heavy atom. The Morgan fingerprint density at radius 2 is 2.00 bits per heavy atom. The van der Waals surface area contributed by atoms with Gasteiger partial charge < -0.3 is 4.57 Å². The molecule has 1 aromatic heterocycles. The second-order valence-electron chi connectivity index (χ2n) is 3.52. The topological polar surface area (TPSA) is 30.7 Å². The van der Waals surface area contributed by atoms with Crippen molar-refractivity contribution in [2.45, 2.75) is 45.4 Å². The summed E-state index contributed by atoms with van der Waals surface area (Å²) < 4.78 is 2.00. The van der Waals surface area contributed by atoms with Gasteiger partial charge in [-0.25, -0.2) is 0 Å². The van der Waals surface area contributed by atoms with Crippen LogP contribution in [0, 0.1) is 0 Å². The second kappa shape index (κ2) is 5.73. The quantitative estimate of drug-likeness (QED) is 0.631. The number of unbranched alkanes of at least 4 members (excludes halogenated alkanes) is 4. The standard InChI is InChI=1S/C10H19N3/c1-3-4-5-6-7-8-10-12-11-9-13(10)2/h9H,3-8H2,1-2H3. The third-order valence-electron chi connectivity index (χ3n) is 2.31. The lowest BCUT2D eigenvalue weighted by Gasteiger charge is -1.99. The van der Waals surface area contributed by atoms with Crippen molar-refractivity contribution < 1.29 is 0 Å². The van der Waals surface area contributed by atoms with E-state index in [2.05, 4.69) is 17.1 Å². The summed E-state index contributed by atoms with van der Waals surface area (Å²) in [7, 11) is 2.00. The molecule has 0 aliphatic heterocycles. The summed E-state index contributed by atoms with van der Waals surface area (Å²) in [6.07, 6.45) is 9.42. The van der Waals surface area contributed by atoms with Crippen molar-refractivity contribution in [1.29, 1.82) is 0 Å². The molecular weight excluding hydrogens is 162 g/mol. The average molecular weight is 181 g/mol. The van der Waals surface area contributed by atoms with Gasteiger partial charge in [0.2, 0.25) is 0 Å². The number of rotatable bonds is 6. The van der Waals surface area contributed by atoms with Crippen LogP contribution < -0.4 is 0 Å². The van der Waals surface area contributed by atoms with Gasteiger partial charge in [0.25, 0.3) is 0 Å². The van der Waals surface area contributed by atoms with Crippen LogP contribution in [0.2, 0.25) is 0 Å². The van der Waals surface area contributed by atoms with Gasteiger partial charge in [0.05, 0.1) is 0 Å². The first-order valence-corrected chi connectivity index (χ1v) is 5.17. The van der Waals surface area contributed by atoms with Crippen molar-refractivity contribution in [2.75, 3.05) is 0 Å². The normalized spacial score (nSPS) is 10.6. The molecule has 0 aliphatic rings. The van der Waals surface area contributed by atoms with E-state index in [4.69, 9.17) is 0 Å². The van der Waals surface area contributed by atoms with Crippen molar-refractivity contribution in [2.24, 2.45) is 7.05 Å². The Kier molecular flexibility index (Phi) is 4.50. The minimum Gasteiger partial charge on any atom is -0.321 e. The van der Waals surface area contributed by atoms with Crippen LogP contribution in [0.5, 0.6) is 0 Å². The van der Waals surface area contributed by atoms with E-state index in [9.17, 15) is 0 Å². The molecule has 0 aromatic carbocycles. The number of hydrogen-bond acceptors (Lipinski definition) is 2. The van der Waals surface area contributed by atoms with Crippen LogP contribution in [-0.4, -0.2) is 14.8 Å². The van der Waals surface area contributed by atoms with E-state index in [0.717, 1.165) is 12.2 Å². The third-order valence-corrected chi connectivity index (χ3v) is 2.31. The first kappa shape index (κ1) is 10.2. The number of aryl methyl sites for hydroxylation is 2. The highest BCUT2D eigenvalue weighted by atomic mass is 15.2. The van der Waals surface area contributed by atoms with Crippen LogP contribution in [0.25, 0.3) is 0 Å². The van der Waals surface area contributed by atoms with Gasteiger partial charge in [-0.3, -0.25) is 0 Å². The third kappa shape index (κ3) is 3.57. The van der Waals surface area contributed by atoms with Crippen LogP contribution in [0.15, 0.2) is 6.33 Å². The fraction of sp³-hybridized carbons (Fsp3) is 0.800. The van der Waals surface area contributed by atoms with Gasteiger partial charge in [0.15, 0.2) is 0 Å². The maximum Gasteiger partial charge on any atom is 0.132 e. The first-order chi connectivity index (χ1) is 6.34. The van der Waals surface area contributed by atoms with E-state index in [1.165, 1.54) is 32.1 Å². The molecule has 1 heterocycles. The van der Waals surface area contributed by atoms with Crippen molar-refractivity contribution in [1.82, 2.24) is 14.8 Å². The van der Waals surface area contributed by atoms with Crippen molar-refractivity contribution in [3.63, 3.8) is 0 Å². The van der Waals surface area contributed by atoms with Crippen LogP contribution in [0.4, 0.5) is 0 Å². The lowest BCUT2D eigenvalue weighted by atomic mass is 10.1. The zero-order valence-electron chi connectivity index (χ0n) is 8.66. The minimum absolute atomic E-state index is 1.07. The van der Waals surface area contributed by atoms with Gasteiger partial charge in [-0.2, -0.15) is 0 Å². The van der Waals surface area contributed by atoms with E-state index in [-0.39, 0.29) is 0 Å². The Hall–Kier alpha value is -0.860. The maximum atomic E-state index is 4.05. The fourth-order valence-corrected chi connectivity index (χ4v) is 1.42. The van der Waals surface area contributed by atoms with E-state index in [1.807, 2.05) is 11.6 Å². The van der Waals surface area contributed by atoms with Crippen molar-refractivity contribution >= 4 is 0 Å². The lowest BCUT2D eigenvalue weighted by molar-refractivity contribution is 0.613. The Bertz CT molecular complexity index is 230. The molecule has 1 aromatic rings. The first-order valence-electron chi connectivity index (χ1n) is 5.17. The van der Waals surface area contributed by atoms with Crippen LogP contribution in [0.1, 0.15) is 44.9 Å². The molecule has 0 spiro atoms. The molecule has 0 atom stereocenters. The van der Waals surface area contributed by atoms with Gasteiger partial charge >= 0.3 is 0 Å². The number of aromatic nitrogens is 3. The van der Waals surface area contributed by atoms with Crippen LogP contribution in [-0.2, 0) is 13.5 Å². The molecule has 0 bridgehead atoms. The van der Waals surface area contributed by atoms with Gasteiger partial charge in [-0.15, -0.1) is 10.2 Å². The van der Waals surface area contributed by atoms with Crippen molar-refractivity contribution in [3.05, 3.63) is 12.2 Å². The van der Waals surface area contributed by atoms with Gasteiger partial charge in [0, 0.05) is 13.5 Å². The highest BCUT2D eigenvalue weighted by molar-refractivity contribution is 4.83. The summed E-state index contributed by atoms with van der Waals surface area (Å²) in [6, 6.07) is 0. The molecule has 13 heavy (non-hydrogen) atoms. The monoisotopic (exact) mass is 181 g/mol. The molecule has 0 unspecified atom stereocenters. The molecule has 3 heteroatoms. The molecule has 0 saturated carbocycles. The largest absolute Gasteiger partial charge is 0.321 e. The lowest BCUT2D eigenvalue weighted by Crippen LogP contribution is -1.96. The number of nitrogens with zero attached hydrogens (tertiary/aromatic N) is 3. The van der Waals surface area contributed by atoms with Gasteiger partial charge in [0.1, 0.15) is 12.2 Å². The molecule has 0 N–H and O–H groups in total. The molecule has 0 aliphatic carbocycles. The summed E-state index contributed by atoms with van der Waals surface area (Å²) in [5.41, 5.74) is 0. The summed E-state index contributed by atoms with van der Waals surface area (Å²) in [5, 5.41) is 7.90. The molecule has 1 rings (SSSR count). The van der Waals surface area contributed by atoms with Gasteiger partial charge in [-0.1, -0.05) is 32.6 Å². The predicted molar refractivity (Wildman–Crippen MR) is 53.5 cm³/mol. The molecule has 74 valence electrons. The smallest absolute Gasteiger partial charge is 0.132 e. The Labute approximate surface area is 80.2 Å². The average Bonchev–Trinajstić information content (AvgIpc) is 2.52. The van der Waals surface area contributed by atoms with E-state index < -0.39 is 0 Å². The summed E-state index contributed by atoms with van der Waals surface area (Å²) in [6.45, 7) is 2.24. The van der Waals surface area contributed by atoms with Gasteiger partial charge in [-0.05, 0) is 6.42 Å². The zero-order chi connectivity index (χ0) is 9.52. The highest BCUT2D eigenvalue weighted by Gasteiger charge is 1.98. The summed E-state index contributed by atoms with van der Waals surface area (Å²) in [5.74, 6) is 1.11. The Balaban J connectivity index is 2.10. The van der Waals surface area contributed by atoms with Crippen LogP contribution in [0.3, 0.4) is 0 Å². The molecular formula is C10H19N3. The van der Waals surface area contributed by atoms with E-state index in [0.29, 0.717) is 0 Å². The van der Waals surface area contributed by atoms with Crippen molar-refractivity contribution in [3.8, 4) is 0 Å². The molecule has 0 fully saturated rings. The molecule has 0 saturated heterocycles. The minimum atomic E-state index is 1.07. The van der Waals surface area contributed by atoms with Crippen LogP contribution >= 0.6 is 0 Å². The molecule has 3 nitrogen and oxygen atoms in total. The summed E-state index contributed by atoms with van der Waals surface area (Å²) in [4.78, 5) is 0. The predicted octanol–water partition coefficient (Wildman–Crippen LogP) is 2.33. The SMILES string of the molecule is CCCCCCCc1nncn1C.